The molecule has 0 spiro atoms. The Morgan fingerprint density at radius 3 is 2.59 bits per heavy atom. The molecule has 0 fully saturated rings. The van der Waals surface area contributed by atoms with Gasteiger partial charge in [0.1, 0.15) is 11.9 Å². The standard InChI is InChI=1S/C21H26FN3O2/c1-4-23(21(27)15(2)3)14-19(26)25-13-12-24-11-7-10-18(24)20(25)16-8-5-6-9-17(16)22/h5-11,15,20H,4,12-14H2,1-3H3/t20-/m0/s1. The predicted molar refractivity (Wildman–Crippen MR) is 101 cm³/mol. The maximum Gasteiger partial charge on any atom is 0.243 e. The van der Waals surface area contributed by atoms with Crippen LogP contribution in [0.15, 0.2) is 42.6 Å². The number of hydrogen-bond acceptors (Lipinski definition) is 2. The van der Waals surface area contributed by atoms with Crippen LogP contribution in [-0.4, -0.2) is 45.8 Å². The Hall–Kier alpha value is -2.63. The van der Waals surface area contributed by atoms with Gasteiger partial charge in [0.25, 0.3) is 0 Å². The van der Waals surface area contributed by atoms with E-state index in [4.69, 9.17) is 0 Å². The van der Waals surface area contributed by atoms with Gasteiger partial charge in [-0.05, 0) is 25.1 Å². The van der Waals surface area contributed by atoms with Gasteiger partial charge in [0.05, 0.1) is 6.54 Å². The van der Waals surface area contributed by atoms with Crippen molar-refractivity contribution in [2.75, 3.05) is 19.6 Å². The lowest BCUT2D eigenvalue weighted by Gasteiger charge is -2.38. The first-order chi connectivity index (χ1) is 12.9. The number of likely N-dealkylation sites (N-methyl/N-ethyl adjacent to an activating group) is 1. The van der Waals surface area contributed by atoms with Gasteiger partial charge in [0, 0.05) is 43.0 Å². The number of benzene rings is 1. The molecule has 0 bridgehead atoms. The van der Waals surface area contributed by atoms with Gasteiger partial charge in [-0.3, -0.25) is 9.59 Å². The van der Waals surface area contributed by atoms with Crippen LogP contribution in [0.1, 0.15) is 38.1 Å². The molecule has 1 aromatic carbocycles. The van der Waals surface area contributed by atoms with E-state index in [1.807, 2.05) is 39.1 Å². The minimum Gasteiger partial charge on any atom is -0.348 e. The molecule has 0 aliphatic carbocycles. The van der Waals surface area contributed by atoms with E-state index in [1.54, 1.807) is 28.0 Å². The highest BCUT2D eigenvalue weighted by atomic mass is 19.1. The van der Waals surface area contributed by atoms with E-state index in [0.29, 0.717) is 25.2 Å². The van der Waals surface area contributed by atoms with Gasteiger partial charge < -0.3 is 14.4 Å². The number of carbonyl (C=O) groups excluding carboxylic acids is 2. The molecule has 6 heteroatoms. The van der Waals surface area contributed by atoms with Gasteiger partial charge in [-0.15, -0.1) is 0 Å². The van der Waals surface area contributed by atoms with Crippen molar-refractivity contribution in [2.24, 2.45) is 5.92 Å². The molecular weight excluding hydrogens is 345 g/mol. The summed E-state index contributed by atoms with van der Waals surface area (Å²) in [7, 11) is 0. The van der Waals surface area contributed by atoms with Crippen LogP contribution in [0.4, 0.5) is 4.39 Å². The Labute approximate surface area is 159 Å². The smallest absolute Gasteiger partial charge is 0.243 e. The summed E-state index contributed by atoms with van der Waals surface area (Å²) < 4.78 is 16.6. The number of aromatic nitrogens is 1. The van der Waals surface area contributed by atoms with Crippen molar-refractivity contribution in [3.63, 3.8) is 0 Å². The Bertz CT molecular complexity index is 830. The minimum atomic E-state index is -0.490. The molecule has 0 N–H and O–H groups in total. The Morgan fingerprint density at radius 2 is 1.93 bits per heavy atom. The lowest BCUT2D eigenvalue weighted by molar-refractivity contribution is -0.143. The van der Waals surface area contributed by atoms with Crippen LogP contribution < -0.4 is 0 Å². The van der Waals surface area contributed by atoms with Crippen LogP contribution in [0.5, 0.6) is 0 Å². The zero-order valence-corrected chi connectivity index (χ0v) is 16.1. The molecule has 0 unspecified atom stereocenters. The quantitative estimate of drug-likeness (QED) is 0.811. The molecule has 2 heterocycles. The first-order valence-corrected chi connectivity index (χ1v) is 9.41. The molecule has 1 aliphatic rings. The van der Waals surface area contributed by atoms with Gasteiger partial charge in [-0.2, -0.15) is 0 Å². The lowest BCUT2D eigenvalue weighted by Crippen LogP contribution is -2.48. The zero-order valence-electron chi connectivity index (χ0n) is 16.1. The van der Waals surface area contributed by atoms with Crippen LogP contribution in [0.3, 0.4) is 0 Å². The minimum absolute atomic E-state index is 0.0131. The number of carbonyl (C=O) groups is 2. The lowest BCUT2D eigenvalue weighted by atomic mass is 9.99. The maximum atomic E-state index is 14.6. The summed E-state index contributed by atoms with van der Waals surface area (Å²) in [6.07, 6.45) is 1.95. The summed E-state index contributed by atoms with van der Waals surface area (Å²) in [5.74, 6) is -0.709. The maximum absolute atomic E-state index is 14.6. The fourth-order valence-electron chi connectivity index (χ4n) is 3.64. The molecule has 3 rings (SSSR count). The van der Waals surface area contributed by atoms with E-state index in [1.165, 1.54) is 6.07 Å². The molecule has 0 saturated carbocycles. The predicted octanol–water partition coefficient (Wildman–Crippen LogP) is 3.06. The highest BCUT2D eigenvalue weighted by Crippen LogP contribution is 2.33. The van der Waals surface area contributed by atoms with Gasteiger partial charge in [0.2, 0.25) is 11.8 Å². The molecule has 0 radical (unpaired) electrons. The van der Waals surface area contributed by atoms with Crippen molar-refractivity contribution in [2.45, 2.75) is 33.4 Å². The van der Waals surface area contributed by atoms with Gasteiger partial charge in [-0.25, -0.2) is 4.39 Å². The molecule has 1 atom stereocenters. The van der Waals surface area contributed by atoms with E-state index in [2.05, 4.69) is 4.57 Å². The molecule has 144 valence electrons. The van der Waals surface area contributed by atoms with Crippen LogP contribution in [0.2, 0.25) is 0 Å². The first kappa shape index (κ1) is 19.1. The van der Waals surface area contributed by atoms with E-state index in [9.17, 15) is 14.0 Å². The average molecular weight is 371 g/mol. The first-order valence-electron chi connectivity index (χ1n) is 9.41. The third-order valence-corrected chi connectivity index (χ3v) is 5.07. The van der Waals surface area contributed by atoms with Gasteiger partial charge in [0.15, 0.2) is 0 Å². The highest BCUT2D eigenvalue weighted by Gasteiger charge is 2.34. The SMILES string of the molecule is CCN(CC(=O)N1CCn2cccc2[C@@H]1c1ccccc1F)C(=O)C(C)C. The van der Waals surface area contributed by atoms with Crippen LogP contribution >= 0.6 is 0 Å². The summed E-state index contributed by atoms with van der Waals surface area (Å²) in [6, 6.07) is 9.91. The molecule has 1 aliphatic heterocycles. The van der Waals surface area contributed by atoms with E-state index < -0.39 is 6.04 Å². The molecular formula is C21H26FN3O2. The summed E-state index contributed by atoms with van der Waals surface area (Å²) in [4.78, 5) is 28.7. The molecule has 1 aromatic heterocycles. The fourth-order valence-corrected chi connectivity index (χ4v) is 3.64. The summed E-state index contributed by atoms with van der Waals surface area (Å²) >= 11 is 0. The van der Waals surface area contributed by atoms with Gasteiger partial charge >= 0.3 is 0 Å². The zero-order chi connectivity index (χ0) is 19.6. The second-order valence-corrected chi connectivity index (χ2v) is 7.14. The number of rotatable bonds is 5. The van der Waals surface area contributed by atoms with E-state index in [-0.39, 0.29) is 30.1 Å². The average Bonchev–Trinajstić information content (AvgIpc) is 3.14. The van der Waals surface area contributed by atoms with Crippen LogP contribution in [0, 0.1) is 11.7 Å². The number of halogens is 1. The van der Waals surface area contributed by atoms with Crippen molar-refractivity contribution < 1.29 is 14.0 Å². The number of hydrogen-bond donors (Lipinski definition) is 0. The summed E-state index contributed by atoms with van der Waals surface area (Å²) in [5.41, 5.74) is 1.36. The summed E-state index contributed by atoms with van der Waals surface area (Å²) in [5, 5.41) is 0. The van der Waals surface area contributed by atoms with Crippen molar-refractivity contribution in [3.05, 3.63) is 59.7 Å². The Balaban J connectivity index is 1.92. The second kappa shape index (κ2) is 7.94. The monoisotopic (exact) mass is 371 g/mol. The number of amides is 2. The van der Waals surface area contributed by atoms with Crippen molar-refractivity contribution >= 4 is 11.8 Å². The van der Waals surface area contributed by atoms with Crippen molar-refractivity contribution in [1.29, 1.82) is 0 Å². The number of nitrogens with zero attached hydrogens (tertiary/aromatic N) is 3. The molecule has 2 aromatic rings. The Morgan fingerprint density at radius 1 is 1.19 bits per heavy atom. The van der Waals surface area contributed by atoms with Crippen molar-refractivity contribution in [1.82, 2.24) is 14.4 Å². The van der Waals surface area contributed by atoms with Gasteiger partial charge in [-0.1, -0.05) is 32.0 Å². The normalized spacial score (nSPS) is 16.3. The van der Waals surface area contributed by atoms with E-state index >= 15 is 0 Å². The Kier molecular flexibility index (Phi) is 5.63. The van der Waals surface area contributed by atoms with Crippen LogP contribution in [-0.2, 0) is 16.1 Å². The van der Waals surface area contributed by atoms with E-state index in [0.717, 1.165) is 5.69 Å². The van der Waals surface area contributed by atoms with Crippen LogP contribution in [0.25, 0.3) is 0 Å². The third kappa shape index (κ3) is 3.75. The van der Waals surface area contributed by atoms with Crippen molar-refractivity contribution in [3.8, 4) is 0 Å². The second-order valence-electron chi connectivity index (χ2n) is 7.14. The molecule has 5 nitrogen and oxygen atoms in total. The third-order valence-electron chi connectivity index (χ3n) is 5.07. The number of fused-ring (bicyclic) bond motifs is 1. The molecule has 2 amide bonds. The highest BCUT2D eigenvalue weighted by molar-refractivity contribution is 5.86. The largest absolute Gasteiger partial charge is 0.348 e. The topological polar surface area (TPSA) is 45.6 Å². The summed E-state index contributed by atoms with van der Waals surface area (Å²) in [6.45, 7) is 7.13. The molecule has 0 saturated heterocycles. The molecule has 27 heavy (non-hydrogen) atoms. The fraction of sp³-hybridized carbons (Fsp3) is 0.429.